The minimum Gasteiger partial charge on any atom is -0.482 e. The molecule has 0 aliphatic carbocycles. The second-order valence-corrected chi connectivity index (χ2v) is 9.28. The molecular weight excluding hydrogens is 468 g/mol. The van der Waals surface area contributed by atoms with Crippen LogP contribution >= 0.6 is 11.6 Å². The smallest absolute Gasteiger partial charge is 0.265 e. The molecule has 2 aromatic carbocycles. The lowest BCUT2D eigenvalue weighted by atomic mass is 10.2. The van der Waals surface area contributed by atoms with E-state index in [1.807, 2.05) is 6.92 Å². The summed E-state index contributed by atoms with van der Waals surface area (Å²) in [5, 5.41) is 6.39. The first-order valence-electron chi connectivity index (χ1n) is 9.98. The number of ether oxygens (including phenoxy) is 1. The minimum atomic E-state index is -3.59. The van der Waals surface area contributed by atoms with Gasteiger partial charge in [-0.15, -0.1) is 0 Å². The first-order valence-corrected chi connectivity index (χ1v) is 11.8. The third kappa shape index (κ3) is 4.85. The monoisotopic (exact) mass is 488 g/mol. The van der Waals surface area contributed by atoms with Gasteiger partial charge < -0.3 is 20.3 Å². The number of anilines is 5. The number of halogens is 1. The van der Waals surface area contributed by atoms with E-state index in [9.17, 15) is 13.2 Å². The Hall–Kier alpha value is -3.41. The van der Waals surface area contributed by atoms with Crippen LogP contribution in [0.25, 0.3) is 0 Å². The van der Waals surface area contributed by atoms with E-state index in [-0.39, 0.29) is 28.4 Å². The standard InChI is InChI=1S/C21H21ClN6O4S/c1-3-28-17-10-14(7-8-18(17)32-12-19(28)29)25-20-16(22)11-24-21(27-20)26-13-5-4-6-15(9-13)33(30,31)23-2/h4-11,23H,3,12H2,1-2H3,(H2,24,25,26,27). The highest BCUT2D eigenvalue weighted by Gasteiger charge is 2.24. The maximum Gasteiger partial charge on any atom is 0.265 e. The molecule has 1 aromatic heterocycles. The van der Waals surface area contributed by atoms with Crippen LogP contribution in [0.3, 0.4) is 0 Å². The topological polar surface area (TPSA) is 126 Å². The summed E-state index contributed by atoms with van der Waals surface area (Å²) in [6.07, 6.45) is 1.43. The average molecular weight is 489 g/mol. The van der Waals surface area contributed by atoms with E-state index < -0.39 is 10.0 Å². The van der Waals surface area contributed by atoms with E-state index in [0.29, 0.717) is 35.2 Å². The Bertz CT molecular complexity index is 1320. The molecule has 1 amide bonds. The number of carbonyl (C=O) groups excluding carboxylic acids is 1. The van der Waals surface area contributed by atoms with E-state index >= 15 is 0 Å². The SMILES string of the molecule is CCN1C(=O)COc2ccc(Nc3nc(Nc4cccc(S(=O)(=O)NC)c4)ncc3Cl)cc21. The predicted octanol–water partition coefficient (Wildman–Crippen LogP) is 3.27. The summed E-state index contributed by atoms with van der Waals surface area (Å²) in [6.45, 7) is 2.42. The number of hydrogen-bond donors (Lipinski definition) is 3. The van der Waals surface area contributed by atoms with E-state index in [4.69, 9.17) is 16.3 Å². The lowest BCUT2D eigenvalue weighted by molar-refractivity contribution is -0.121. The maximum atomic E-state index is 12.1. The van der Waals surface area contributed by atoms with Crippen LogP contribution in [0.1, 0.15) is 6.92 Å². The van der Waals surface area contributed by atoms with Crippen LogP contribution in [0, 0.1) is 0 Å². The van der Waals surface area contributed by atoms with Crippen molar-refractivity contribution in [2.75, 3.05) is 35.7 Å². The Morgan fingerprint density at radius 3 is 2.70 bits per heavy atom. The summed E-state index contributed by atoms with van der Waals surface area (Å²) in [4.78, 5) is 22.4. The highest BCUT2D eigenvalue weighted by atomic mass is 35.5. The number of likely N-dealkylation sites (N-methyl/N-ethyl adjacent to an activating group) is 1. The fraction of sp³-hybridized carbons (Fsp3) is 0.190. The largest absolute Gasteiger partial charge is 0.482 e. The van der Waals surface area contributed by atoms with Crippen molar-refractivity contribution < 1.29 is 17.9 Å². The Morgan fingerprint density at radius 1 is 1.15 bits per heavy atom. The first-order chi connectivity index (χ1) is 15.8. The van der Waals surface area contributed by atoms with Crippen LogP contribution in [0.4, 0.5) is 28.8 Å². The van der Waals surface area contributed by atoms with E-state index in [2.05, 4.69) is 25.3 Å². The molecule has 0 saturated carbocycles. The second-order valence-electron chi connectivity index (χ2n) is 6.98. The summed E-state index contributed by atoms with van der Waals surface area (Å²) in [7, 11) is -2.24. The fourth-order valence-corrected chi connectivity index (χ4v) is 4.18. The van der Waals surface area contributed by atoms with E-state index in [1.54, 1.807) is 35.2 Å². The second kappa shape index (κ2) is 9.22. The van der Waals surface area contributed by atoms with Gasteiger partial charge in [0.2, 0.25) is 16.0 Å². The lowest BCUT2D eigenvalue weighted by Gasteiger charge is -2.28. The summed E-state index contributed by atoms with van der Waals surface area (Å²) < 4.78 is 31.9. The van der Waals surface area contributed by atoms with Crippen molar-refractivity contribution in [1.29, 1.82) is 0 Å². The van der Waals surface area contributed by atoms with Crippen LogP contribution in [-0.4, -0.2) is 44.5 Å². The lowest BCUT2D eigenvalue weighted by Crippen LogP contribution is -2.38. The zero-order chi connectivity index (χ0) is 23.6. The molecule has 1 aliphatic heterocycles. The molecule has 0 saturated heterocycles. The Labute approximate surface area is 196 Å². The summed E-state index contributed by atoms with van der Waals surface area (Å²) in [6, 6.07) is 11.6. The first kappa shape index (κ1) is 22.8. The van der Waals surface area contributed by atoms with Gasteiger partial charge in [0.15, 0.2) is 12.4 Å². The molecule has 10 nitrogen and oxygen atoms in total. The quantitative estimate of drug-likeness (QED) is 0.462. The number of amides is 1. The number of aromatic nitrogens is 2. The molecule has 0 spiro atoms. The van der Waals surface area contributed by atoms with Crippen molar-refractivity contribution in [3.8, 4) is 5.75 Å². The molecule has 3 N–H and O–H groups in total. The molecule has 0 radical (unpaired) electrons. The van der Waals surface area contributed by atoms with Gasteiger partial charge in [0.1, 0.15) is 10.8 Å². The average Bonchev–Trinajstić information content (AvgIpc) is 2.81. The van der Waals surface area contributed by atoms with Gasteiger partial charge in [-0.3, -0.25) is 4.79 Å². The third-order valence-electron chi connectivity index (χ3n) is 4.89. The van der Waals surface area contributed by atoms with E-state index in [0.717, 1.165) is 0 Å². The van der Waals surface area contributed by atoms with Crippen LogP contribution < -0.4 is 25.0 Å². The van der Waals surface area contributed by atoms with Crippen molar-refractivity contribution in [2.24, 2.45) is 0 Å². The predicted molar refractivity (Wildman–Crippen MR) is 126 cm³/mol. The minimum absolute atomic E-state index is 0.0111. The van der Waals surface area contributed by atoms with Crippen LogP contribution in [0.2, 0.25) is 5.02 Å². The number of benzene rings is 2. The van der Waals surface area contributed by atoms with Crippen molar-refractivity contribution >= 4 is 56.4 Å². The highest BCUT2D eigenvalue weighted by Crippen LogP contribution is 2.36. The maximum absolute atomic E-state index is 12.1. The van der Waals surface area contributed by atoms with Gasteiger partial charge in [0.05, 0.1) is 16.8 Å². The molecule has 4 rings (SSSR count). The van der Waals surface area contributed by atoms with Crippen LogP contribution in [0.15, 0.2) is 53.6 Å². The Kier molecular flexibility index (Phi) is 6.36. The van der Waals surface area contributed by atoms with Crippen molar-refractivity contribution in [3.05, 3.63) is 53.7 Å². The molecule has 172 valence electrons. The summed E-state index contributed by atoms with van der Waals surface area (Å²) in [5.41, 5.74) is 1.80. The van der Waals surface area contributed by atoms with E-state index in [1.165, 1.54) is 25.4 Å². The molecule has 12 heteroatoms. The van der Waals surface area contributed by atoms with Crippen molar-refractivity contribution in [1.82, 2.24) is 14.7 Å². The number of nitrogens with one attached hydrogen (secondary N) is 3. The molecule has 0 fully saturated rings. The fourth-order valence-electron chi connectivity index (χ4n) is 3.27. The number of rotatable bonds is 7. The molecule has 3 aromatic rings. The van der Waals surface area contributed by atoms with Gasteiger partial charge in [-0.05, 0) is 50.4 Å². The Morgan fingerprint density at radius 2 is 1.94 bits per heavy atom. The zero-order valence-electron chi connectivity index (χ0n) is 17.8. The molecular formula is C21H21ClN6O4S. The Balaban J connectivity index is 1.59. The zero-order valence-corrected chi connectivity index (χ0v) is 19.4. The van der Waals surface area contributed by atoms with Gasteiger partial charge in [-0.2, -0.15) is 4.98 Å². The summed E-state index contributed by atoms with van der Waals surface area (Å²) >= 11 is 6.28. The molecule has 1 aliphatic rings. The van der Waals surface area contributed by atoms with Gasteiger partial charge in [0.25, 0.3) is 5.91 Å². The molecule has 33 heavy (non-hydrogen) atoms. The normalized spacial score (nSPS) is 13.3. The number of hydrogen-bond acceptors (Lipinski definition) is 8. The van der Waals surface area contributed by atoms with Gasteiger partial charge in [0, 0.05) is 17.9 Å². The molecule has 0 atom stereocenters. The van der Waals surface area contributed by atoms with Crippen LogP contribution in [0.5, 0.6) is 5.75 Å². The molecule has 0 unspecified atom stereocenters. The van der Waals surface area contributed by atoms with Crippen molar-refractivity contribution in [3.63, 3.8) is 0 Å². The number of sulfonamides is 1. The van der Waals surface area contributed by atoms with Crippen LogP contribution in [-0.2, 0) is 14.8 Å². The van der Waals surface area contributed by atoms with Gasteiger partial charge in [-0.25, -0.2) is 18.1 Å². The summed E-state index contributed by atoms with van der Waals surface area (Å²) in [5.74, 6) is 1.05. The third-order valence-corrected chi connectivity index (χ3v) is 6.58. The van der Waals surface area contributed by atoms with Crippen molar-refractivity contribution in [2.45, 2.75) is 11.8 Å². The number of nitrogens with zero attached hydrogens (tertiary/aromatic N) is 3. The molecule has 0 bridgehead atoms. The number of carbonyl (C=O) groups is 1. The highest BCUT2D eigenvalue weighted by molar-refractivity contribution is 7.89. The van der Waals surface area contributed by atoms with Gasteiger partial charge >= 0.3 is 0 Å². The molecule has 2 heterocycles. The number of fused-ring (bicyclic) bond motifs is 1. The van der Waals surface area contributed by atoms with Gasteiger partial charge in [-0.1, -0.05) is 17.7 Å².